The molecule has 1 atom stereocenters. The molecule has 1 N–H and O–H groups in total. The van der Waals surface area contributed by atoms with E-state index >= 15 is 0 Å². The summed E-state index contributed by atoms with van der Waals surface area (Å²) in [4.78, 5) is 13.5. The number of methoxy groups -OCH3 is 1. The molecule has 0 bridgehead atoms. The van der Waals surface area contributed by atoms with Crippen molar-refractivity contribution in [3.8, 4) is 0 Å². The first kappa shape index (κ1) is 16.4. The van der Waals surface area contributed by atoms with Gasteiger partial charge in [-0.3, -0.25) is 4.79 Å². The molecule has 1 unspecified atom stereocenters. The van der Waals surface area contributed by atoms with Gasteiger partial charge in [-0.1, -0.05) is 0 Å². The van der Waals surface area contributed by atoms with E-state index in [4.69, 9.17) is 4.74 Å². The first-order valence-electron chi connectivity index (χ1n) is 6.30. The highest BCUT2D eigenvalue weighted by molar-refractivity contribution is 7.89. The molecule has 19 heavy (non-hydrogen) atoms. The van der Waals surface area contributed by atoms with E-state index in [1.165, 1.54) is 16.3 Å². The van der Waals surface area contributed by atoms with Crippen LogP contribution in [0.1, 0.15) is 6.42 Å². The number of likely N-dealkylation sites (N-methyl/N-ethyl adjacent to an activating group) is 1. The topological polar surface area (TPSA) is 79.0 Å². The minimum Gasteiger partial charge on any atom is -0.385 e. The Hall–Kier alpha value is -0.700. The van der Waals surface area contributed by atoms with E-state index in [0.29, 0.717) is 32.7 Å². The fraction of sp³-hybridized carbons (Fsp3) is 0.909. The Morgan fingerprint density at radius 3 is 2.74 bits per heavy atom. The molecule has 8 heteroatoms. The minimum atomic E-state index is -3.42. The molecule has 1 heterocycles. The Balaban J connectivity index is 2.78. The average Bonchev–Trinajstić information content (AvgIpc) is 2.38. The van der Waals surface area contributed by atoms with Gasteiger partial charge in [-0.05, 0) is 6.42 Å². The van der Waals surface area contributed by atoms with Crippen molar-refractivity contribution >= 4 is 15.9 Å². The second kappa shape index (κ2) is 7.18. The number of hydrogen-bond donors (Lipinski definition) is 1. The summed E-state index contributed by atoms with van der Waals surface area (Å²) in [7, 11) is 1.38. The smallest absolute Gasteiger partial charge is 0.241 e. The average molecular weight is 293 g/mol. The number of carbonyl (C=O) groups excluding carboxylic acids is 1. The summed E-state index contributed by atoms with van der Waals surface area (Å²) in [5, 5.41) is 3.06. The van der Waals surface area contributed by atoms with Gasteiger partial charge in [0.1, 0.15) is 6.04 Å². The molecule has 0 aromatic heterocycles. The number of sulfonamides is 1. The number of hydrogen-bond acceptors (Lipinski definition) is 5. The maximum Gasteiger partial charge on any atom is 0.241 e. The molecule has 0 aromatic rings. The monoisotopic (exact) mass is 293 g/mol. The lowest BCUT2D eigenvalue weighted by Gasteiger charge is -2.35. The molecule has 0 radical (unpaired) electrons. The maximum absolute atomic E-state index is 12.3. The van der Waals surface area contributed by atoms with Gasteiger partial charge >= 0.3 is 0 Å². The van der Waals surface area contributed by atoms with Crippen LogP contribution < -0.4 is 5.32 Å². The fourth-order valence-electron chi connectivity index (χ4n) is 2.03. The van der Waals surface area contributed by atoms with Crippen molar-refractivity contribution in [2.45, 2.75) is 12.5 Å². The third kappa shape index (κ3) is 4.41. The van der Waals surface area contributed by atoms with Gasteiger partial charge in [-0.15, -0.1) is 0 Å². The molecule has 7 nitrogen and oxygen atoms in total. The fourth-order valence-corrected chi connectivity index (χ4v) is 3.67. The third-order valence-electron chi connectivity index (χ3n) is 3.03. The van der Waals surface area contributed by atoms with Crippen molar-refractivity contribution in [1.29, 1.82) is 0 Å². The molecule has 0 aliphatic carbocycles. The van der Waals surface area contributed by atoms with E-state index in [1.807, 2.05) is 0 Å². The Bertz CT molecular complexity index is 397. The minimum absolute atomic E-state index is 0.0120. The summed E-state index contributed by atoms with van der Waals surface area (Å²) in [5.41, 5.74) is 0. The van der Waals surface area contributed by atoms with E-state index < -0.39 is 16.1 Å². The standard InChI is InChI=1S/C11H23N3O4S/c1-13(2)11(15)10-9-12-5-6-14(10)19(16,17)8-4-7-18-3/h10,12H,4-9H2,1-3H3. The molecule has 1 fully saturated rings. The van der Waals surface area contributed by atoms with E-state index in [2.05, 4.69) is 5.32 Å². The third-order valence-corrected chi connectivity index (χ3v) is 4.98. The molecule has 1 saturated heterocycles. The summed E-state index contributed by atoms with van der Waals surface area (Å²) in [5.74, 6) is -0.180. The Morgan fingerprint density at radius 1 is 1.47 bits per heavy atom. The molecule has 1 aliphatic heterocycles. The van der Waals surface area contributed by atoms with Crippen molar-refractivity contribution in [1.82, 2.24) is 14.5 Å². The largest absolute Gasteiger partial charge is 0.385 e. The van der Waals surface area contributed by atoms with Crippen LogP contribution in [0.15, 0.2) is 0 Å². The van der Waals surface area contributed by atoms with Crippen LogP contribution in [-0.2, 0) is 19.6 Å². The van der Waals surface area contributed by atoms with Crippen LogP contribution in [0.5, 0.6) is 0 Å². The van der Waals surface area contributed by atoms with E-state index in [1.54, 1.807) is 14.1 Å². The summed E-state index contributed by atoms with van der Waals surface area (Å²) in [6.07, 6.45) is 0.436. The van der Waals surface area contributed by atoms with Crippen LogP contribution in [0.2, 0.25) is 0 Å². The highest BCUT2D eigenvalue weighted by atomic mass is 32.2. The lowest BCUT2D eigenvalue weighted by molar-refractivity contribution is -0.133. The van der Waals surface area contributed by atoms with Gasteiger partial charge in [0, 0.05) is 47.4 Å². The van der Waals surface area contributed by atoms with Crippen molar-refractivity contribution in [2.75, 3.05) is 53.2 Å². The Morgan fingerprint density at radius 2 is 2.16 bits per heavy atom. The van der Waals surface area contributed by atoms with Crippen LogP contribution in [0.4, 0.5) is 0 Å². The first-order chi connectivity index (χ1) is 8.90. The van der Waals surface area contributed by atoms with Gasteiger partial charge in [-0.2, -0.15) is 4.31 Å². The van der Waals surface area contributed by atoms with Gasteiger partial charge in [-0.25, -0.2) is 8.42 Å². The normalized spacial score (nSPS) is 21.3. The lowest BCUT2D eigenvalue weighted by Crippen LogP contribution is -2.59. The zero-order chi connectivity index (χ0) is 14.5. The Kier molecular flexibility index (Phi) is 6.18. The number of rotatable bonds is 6. The second-order valence-corrected chi connectivity index (χ2v) is 6.77. The number of ether oxygens (including phenoxy) is 1. The lowest BCUT2D eigenvalue weighted by atomic mass is 10.2. The van der Waals surface area contributed by atoms with Crippen molar-refractivity contribution < 1.29 is 17.9 Å². The zero-order valence-corrected chi connectivity index (χ0v) is 12.6. The number of piperazine rings is 1. The predicted octanol–water partition coefficient (Wildman–Crippen LogP) is -1.29. The number of carbonyl (C=O) groups is 1. The molecule has 1 aliphatic rings. The molecule has 0 spiro atoms. The Labute approximate surface area is 114 Å². The van der Waals surface area contributed by atoms with Crippen molar-refractivity contribution in [3.05, 3.63) is 0 Å². The van der Waals surface area contributed by atoms with Gasteiger partial charge < -0.3 is 15.0 Å². The summed E-state index contributed by atoms with van der Waals surface area (Å²) in [6, 6.07) is -0.642. The summed E-state index contributed by atoms with van der Waals surface area (Å²) >= 11 is 0. The molecular formula is C11H23N3O4S. The van der Waals surface area contributed by atoms with Crippen LogP contribution in [0.3, 0.4) is 0 Å². The maximum atomic E-state index is 12.3. The molecule has 1 amide bonds. The van der Waals surface area contributed by atoms with Gasteiger partial charge in [0.15, 0.2) is 0 Å². The molecular weight excluding hydrogens is 270 g/mol. The molecule has 0 saturated carbocycles. The van der Waals surface area contributed by atoms with Crippen LogP contribution in [0.25, 0.3) is 0 Å². The predicted molar refractivity (Wildman–Crippen MR) is 72.3 cm³/mol. The van der Waals surface area contributed by atoms with Crippen LogP contribution in [0, 0.1) is 0 Å². The van der Waals surface area contributed by atoms with E-state index in [-0.39, 0.29) is 11.7 Å². The number of nitrogens with zero attached hydrogens (tertiary/aromatic N) is 2. The number of nitrogens with one attached hydrogen (secondary N) is 1. The molecule has 112 valence electrons. The van der Waals surface area contributed by atoms with Crippen LogP contribution >= 0.6 is 0 Å². The SMILES string of the molecule is COCCCS(=O)(=O)N1CCNCC1C(=O)N(C)C. The highest BCUT2D eigenvalue weighted by Crippen LogP contribution is 2.13. The summed E-state index contributed by atoms with van der Waals surface area (Å²) in [6.45, 7) is 1.67. The van der Waals surface area contributed by atoms with Crippen molar-refractivity contribution in [3.63, 3.8) is 0 Å². The summed E-state index contributed by atoms with van der Waals surface area (Å²) < 4.78 is 30.7. The zero-order valence-electron chi connectivity index (χ0n) is 11.8. The van der Waals surface area contributed by atoms with Gasteiger partial charge in [0.2, 0.25) is 15.9 Å². The molecule has 1 rings (SSSR count). The van der Waals surface area contributed by atoms with Crippen molar-refractivity contribution in [2.24, 2.45) is 0 Å². The van der Waals surface area contributed by atoms with E-state index in [0.717, 1.165) is 0 Å². The van der Waals surface area contributed by atoms with Crippen LogP contribution in [-0.4, -0.2) is 82.8 Å². The quantitative estimate of drug-likeness (QED) is 0.617. The van der Waals surface area contributed by atoms with Gasteiger partial charge in [0.05, 0.1) is 5.75 Å². The highest BCUT2D eigenvalue weighted by Gasteiger charge is 2.36. The second-order valence-electron chi connectivity index (χ2n) is 4.73. The van der Waals surface area contributed by atoms with E-state index in [9.17, 15) is 13.2 Å². The molecule has 0 aromatic carbocycles. The first-order valence-corrected chi connectivity index (χ1v) is 7.91. The van der Waals surface area contributed by atoms with Gasteiger partial charge in [0.25, 0.3) is 0 Å². The number of amides is 1.